The second kappa shape index (κ2) is 8.62. The Morgan fingerprint density at radius 2 is 1.66 bits per heavy atom. The first-order chi connectivity index (χ1) is 14.0. The van der Waals surface area contributed by atoms with Gasteiger partial charge in [0.05, 0.1) is 0 Å². The molecule has 1 saturated carbocycles. The lowest BCUT2D eigenvalue weighted by Crippen LogP contribution is -2.12. The van der Waals surface area contributed by atoms with Crippen molar-refractivity contribution in [2.45, 2.75) is 44.4 Å². The fraction of sp³-hybridized carbons (Fsp3) is 0.346. The second-order valence-corrected chi connectivity index (χ2v) is 9.59. The molecule has 2 aromatic carbocycles. The fourth-order valence-electron chi connectivity index (χ4n) is 4.13. The van der Waals surface area contributed by atoms with Gasteiger partial charge in [-0.3, -0.25) is 4.79 Å². The van der Waals surface area contributed by atoms with Crippen molar-refractivity contribution >= 4 is 11.8 Å². The summed E-state index contributed by atoms with van der Waals surface area (Å²) in [6.07, 6.45) is 9.41. The molecule has 4 rings (SSSR count). The van der Waals surface area contributed by atoms with E-state index in [4.69, 9.17) is 0 Å². The Balaban J connectivity index is 1.65. The van der Waals surface area contributed by atoms with E-state index in [0.717, 1.165) is 33.9 Å². The average Bonchev–Trinajstić information content (AvgIpc) is 2.65. The van der Waals surface area contributed by atoms with Crippen LogP contribution in [0, 0.1) is 19.8 Å². The zero-order chi connectivity index (χ0) is 20.4. The van der Waals surface area contributed by atoms with Crippen LogP contribution >= 0.6 is 11.8 Å². The number of thioether (sulfide) groups is 1. The van der Waals surface area contributed by atoms with E-state index in [2.05, 4.69) is 56.3 Å². The molecule has 0 amide bonds. The van der Waals surface area contributed by atoms with E-state index in [1.165, 1.54) is 41.7 Å². The van der Waals surface area contributed by atoms with Crippen LogP contribution in [-0.2, 0) is 7.05 Å². The third kappa shape index (κ3) is 4.67. The SMILES string of the molecule is Cc1cc(C)cc(-c2cn(C)cc(-c3cccc(SCCC4CCC4)c3)c2=O)c1. The van der Waals surface area contributed by atoms with Crippen molar-refractivity contribution in [3.8, 4) is 22.3 Å². The van der Waals surface area contributed by atoms with Gasteiger partial charge in [-0.2, -0.15) is 0 Å². The highest BCUT2D eigenvalue weighted by Gasteiger charge is 2.17. The van der Waals surface area contributed by atoms with Gasteiger partial charge < -0.3 is 4.57 Å². The summed E-state index contributed by atoms with van der Waals surface area (Å²) in [5.41, 5.74) is 5.99. The van der Waals surface area contributed by atoms with E-state index in [-0.39, 0.29) is 5.43 Å². The smallest absolute Gasteiger partial charge is 0.197 e. The van der Waals surface area contributed by atoms with Gasteiger partial charge in [0, 0.05) is 35.5 Å². The first-order valence-corrected chi connectivity index (χ1v) is 11.5. The maximum Gasteiger partial charge on any atom is 0.197 e. The molecule has 3 aromatic rings. The van der Waals surface area contributed by atoms with Gasteiger partial charge in [0.1, 0.15) is 0 Å². The molecule has 1 fully saturated rings. The molecule has 0 saturated heterocycles. The van der Waals surface area contributed by atoms with Crippen molar-refractivity contribution in [3.63, 3.8) is 0 Å². The number of hydrogen-bond acceptors (Lipinski definition) is 2. The number of hydrogen-bond donors (Lipinski definition) is 0. The number of pyridine rings is 1. The summed E-state index contributed by atoms with van der Waals surface area (Å²) < 4.78 is 2.00. The first-order valence-electron chi connectivity index (χ1n) is 10.5. The average molecular weight is 404 g/mol. The van der Waals surface area contributed by atoms with E-state index in [1.54, 1.807) is 0 Å². The molecule has 0 spiro atoms. The van der Waals surface area contributed by atoms with Crippen molar-refractivity contribution in [2.24, 2.45) is 13.0 Å². The van der Waals surface area contributed by atoms with Crippen LogP contribution in [0.2, 0.25) is 0 Å². The quantitative estimate of drug-likeness (QED) is 0.432. The molecule has 1 aliphatic rings. The summed E-state index contributed by atoms with van der Waals surface area (Å²) in [5, 5.41) is 0. The van der Waals surface area contributed by atoms with E-state index in [1.807, 2.05) is 35.8 Å². The summed E-state index contributed by atoms with van der Waals surface area (Å²) in [6.45, 7) is 4.16. The van der Waals surface area contributed by atoms with Crippen molar-refractivity contribution in [2.75, 3.05) is 5.75 Å². The third-order valence-corrected chi connectivity index (χ3v) is 6.88. The Hall–Kier alpha value is -2.26. The molecular formula is C26H29NOS. The predicted molar refractivity (Wildman–Crippen MR) is 125 cm³/mol. The normalized spacial score (nSPS) is 14.0. The minimum absolute atomic E-state index is 0.102. The predicted octanol–water partition coefficient (Wildman–Crippen LogP) is 6.62. The molecule has 1 heterocycles. The first kappa shape index (κ1) is 20.0. The van der Waals surface area contributed by atoms with Gasteiger partial charge in [-0.1, -0.05) is 60.7 Å². The summed E-state index contributed by atoms with van der Waals surface area (Å²) in [7, 11) is 1.99. The summed E-state index contributed by atoms with van der Waals surface area (Å²) in [4.78, 5) is 14.6. The molecule has 0 aliphatic heterocycles. The van der Waals surface area contributed by atoms with E-state index in [9.17, 15) is 4.79 Å². The zero-order valence-corrected chi connectivity index (χ0v) is 18.4. The van der Waals surface area contributed by atoms with Crippen LogP contribution in [0.15, 0.2) is 64.5 Å². The third-order valence-electron chi connectivity index (χ3n) is 5.85. The van der Waals surface area contributed by atoms with Gasteiger partial charge in [0.2, 0.25) is 0 Å². The lowest BCUT2D eigenvalue weighted by molar-refractivity contribution is 0.309. The molecule has 0 unspecified atom stereocenters. The highest BCUT2D eigenvalue weighted by molar-refractivity contribution is 7.99. The summed E-state index contributed by atoms with van der Waals surface area (Å²) >= 11 is 1.91. The van der Waals surface area contributed by atoms with Crippen LogP contribution in [-0.4, -0.2) is 10.3 Å². The Morgan fingerprint density at radius 1 is 0.966 bits per heavy atom. The molecule has 0 radical (unpaired) electrons. The van der Waals surface area contributed by atoms with Crippen molar-refractivity contribution in [3.05, 3.63) is 76.2 Å². The lowest BCUT2D eigenvalue weighted by atomic mass is 9.84. The highest BCUT2D eigenvalue weighted by atomic mass is 32.2. The van der Waals surface area contributed by atoms with Crippen molar-refractivity contribution in [1.82, 2.24) is 4.57 Å². The van der Waals surface area contributed by atoms with Gasteiger partial charge >= 0.3 is 0 Å². The fourth-order valence-corrected chi connectivity index (χ4v) is 5.20. The minimum Gasteiger partial charge on any atom is -0.356 e. The van der Waals surface area contributed by atoms with Crippen LogP contribution < -0.4 is 5.43 Å². The molecule has 150 valence electrons. The van der Waals surface area contributed by atoms with Crippen LogP contribution in [0.3, 0.4) is 0 Å². The van der Waals surface area contributed by atoms with Gasteiger partial charge in [-0.25, -0.2) is 0 Å². The Bertz CT molecular complexity index is 1060. The Kier molecular flexibility index (Phi) is 5.96. The van der Waals surface area contributed by atoms with Gasteiger partial charge in [-0.15, -0.1) is 11.8 Å². The molecule has 0 N–H and O–H groups in total. The maximum absolute atomic E-state index is 13.4. The van der Waals surface area contributed by atoms with Crippen LogP contribution in [0.5, 0.6) is 0 Å². The van der Waals surface area contributed by atoms with Crippen LogP contribution in [0.25, 0.3) is 22.3 Å². The number of rotatable bonds is 6. The van der Waals surface area contributed by atoms with Gasteiger partial charge in [0.25, 0.3) is 0 Å². The number of aryl methyl sites for hydroxylation is 3. The number of aromatic nitrogens is 1. The van der Waals surface area contributed by atoms with Crippen molar-refractivity contribution < 1.29 is 0 Å². The van der Waals surface area contributed by atoms with E-state index >= 15 is 0 Å². The zero-order valence-electron chi connectivity index (χ0n) is 17.6. The number of nitrogens with zero attached hydrogens (tertiary/aromatic N) is 1. The standard InChI is InChI=1S/C26H29NOS/c1-18-12-19(2)14-22(13-18)25-17-27(3)16-24(26(25)28)21-8-5-9-23(15-21)29-11-10-20-6-4-7-20/h5,8-9,12-17,20H,4,6-7,10-11H2,1-3H3. The van der Waals surface area contributed by atoms with Gasteiger partial charge in [0.15, 0.2) is 5.43 Å². The Labute approximate surface area is 178 Å². The molecule has 1 aliphatic carbocycles. The summed E-state index contributed by atoms with van der Waals surface area (Å²) in [5.74, 6) is 2.10. The van der Waals surface area contributed by atoms with Gasteiger partial charge in [-0.05, 0) is 55.2 Å². The Morgan fingerprint density at radius 3 is 2.31 bits per heavy atom. The van der Waals surface area contributed by atoms with Crippen LogP contribution in [0.1, 0.15) is 36.8 Å². The second-order valence-electron chi connectivity index (χ2n) is 8.42. The maximum atomic E-state index is 13.4. The van der Waals surface area contributed by atoms with E-state index in [0.29, 0.717) is 0 Å². The lowest BCUT2D eigenvalue weighted by Gasteiger charge is -2.24. The molecule has 0 atom stereocenters. The molecule has 2 nitrogen and oxygen atoms in total. The van der Waals surface area contributed by atoms with Crippen LogP contribution in [0.4, 0.5) is 0 Å². The molecule has 29 heavy (non-hydrogen) atoms. The van der Waals surface area contributed by atoms with Crippen molar-refractivity contribution in [1.29, 1.82) is 0 Å². The molecular weight excluding hydrogens is 374 g/mol. The minimum atomic E-state index is 0.102. The summed E-state index contributed by atoms with van der Waals surface area (Å²) in [6, 6.07) is 14.8. The molecule has 3 heteroatoms. The monoisotopic (exact) mass is 403 g/mol. The number of benzene rings is 2. The largest absolute Gasteiger partial charge is 0.356 e. The van der Waals surface area contributed by atoms with E-state index < -0.39 is 0 Å². The molecule has 1 aromatic heterocycles. The topological polar surface area (TPSA) is 22.0 Å². The molecule has 0 bridgehead atoms. The highest BCUT2D eigenvalue weighted by Crippen LogP contribution is 2.33.